The molecule has 144 valence electrons. The number of sulfonamides is 1. The summed E-state index contributed by atoms with van der Waals surface area (Å²) in [6, 6.07) is 10.6. The first-order chi connectivity index (χ1) is 12.3. The van der Waals surface area contributed by atoms with Crippen LogP contribution in [0.1, 0.15) is 31.7 Å². The molecule has 26 heavy (non-hydrogen) atoms. The van der Waals surface area contributed by atoms with Crippen molar-refractivity contribution in [2.45, 2.75) is 37.6 Å². The van der Waals surface area contributed by atoms with Gasteiger partial charge in [-0.05, 0) is 24.8 Å². The van der Waals surface area contributed by atoms with E-state index < -0.39 is 10.0 Å². The highest BCUT2D eigenvalue weighted by atomic mass is 32.2. The number of nitrogens with zero attached hydrogens (tertiary/aromatic N) is 3. The number of hydrogen-bond donors (Lipinski definition) is 1. The molecule has 1 aromatic carbocycles. The molecule has 0 spiro atoms. The first kappa shape index (κ1) is 19.2. The van der Waals surface area contributed by atoms with E-state index in [9.17, 15) is 8.42 Å². The van der Waals surface area contributed by atoms with Crippen molar-refractivity contribution < 1.29 is 8.42 Å². The number of nitrogens with one attached hydrogen (secondary N) is 1. The zero-order valence-electron chi connectivity index (χ0n) is 16.0. The Bertz CT molecular complexity index is 750. The van der Waals surface area contributed by atoms with Crippen LogP contribution in [-0.4, -0.2) is 69.1 Å². The number of rotatable bonds is 4. The molecule has 0 aromatic heterocycles. The van der Waals surface area contributed by atoms with Gasteiger partial charge in [0.1, 0.15) is 0 Å². The van der Waals surface area contributed by atoms with E-state index in [1.54, 1.807) is 11.4 Å². The lowest BCUT2D eigenvalue weighted by Crippen LogP contribution is -2.47. The summed E-state index contributed by atoms with van der Waals surface area (Å²) in [5.41, 5.74) is 1.47. The Kier molecular flexibility index (Phi) is 5.58. The summed E-state index contributed by atoms with van der Waals surface area (Å²) in [5, 5.41) is 3.41. The molecular weight excluding hydrogens is 348 g/mol. The fourth-order valence-electron chi connectivity index (χ4n) is 4.21. The van der Waals surface area contributed by atoms with Gasteiger partial charge in [0.05, 0.1) is 6.26 Å². The molecule has 2 atom stereocenters. The molecule has 0 aliphatic carbocycles. The van der Waals surface area contributed by atoms with E-state index in [-0.39, 0.29) is 11.5 Å². The highest BCUT2D eigenvalue weighted by Gasteiger charge is 2.37. The molecule has 6 nitrogen and oxygen atoms in total. The normalized spacial score (nSPS) is 27.9. The second kappa shape index (κ2) is 7.56. The van der Waals surface area contributed by atoms with Crippen molar-refractivity contribution in [3.05, 3.63) is 35.9 Å². The number of hydrogen-bond acceptors (Lipinski definition) is 3. The second-order valence-electron chi connectivity index (χ2n) is 7.70. The lowest BCUT2D eigenvalue weighted by atomic mass is 9.82. The zero-order chi connectivity index (χ0) is 18.8. The van der Waals surface area contributed by atoms with E-state index in [4.69, 9.17) is 0 Å². The van der Waals surface area contributed by atoms with Gasteiger partial charge in [-0.1, -0.05) is 37.3 Å². The Morgan fingerprint density at radius 1 is 1.31 bits per heavy atom. The van der Waals surface area contributed by atoms with Gasteiger partial charge < -0.3 is 10.2 Å². The lowest BCUT2D eigenvalue weighted by molar-refractivity contribution is 0.378. The fourth-order valence-corrected chi connectivity index (χ4v) is 5.39. The van der Waals surface area contributed by atoms with Gasteiger partial charge in [-0.3, -0.25) is 4.99 Å². The van der Waals surface area contributed by atoms with E-state index in [1.165, 1.54) is 11.8 Å². The maximum Gasteiger partial charge on any atom is 0.211 e. The Morgan fingerprint density at radius 3 is 2.69 bits per heavy atom. The quantitative estimate of drug-likeness (QED) is 0.639. The van der Waals surface area contributed by atoms with Crippen LogP contribution in [0, 0.1) is 0 Å². The molecule has 3 rings (SSSR count). The highest BCUT2D eigenvalue weighted by molar-refractivity contribution is 7.88. The molecule has 1 aromatic rings. The lowest BCUT2D eigenvalue weighted by Gasteiger charge is -2.28. The summed E-state index contributed by atoms with van der Waals surface area (Å²) in [6.07, 6.45) is 4.20. The van der Waals surface area contributed by atoms with E-state index >= 15 is 0 Å². The molecule has 2 heterocycles. The van der Waals surface area contributed by atoms with Gasteiger partial charge in [-0.25, -0.2) is 8.42 Å². The number of aliphatic imine (C=N–C) groups is 1. The van der Waals surface area contributed by atoms with Crippen molar-refractivity contribution in [3.8, 4) is 0 Å². The third-order valence-electron chi connectivity index (χ3n) is 5.70. The van der Waals surface area contributed by atoms with Crippen LogP contribution in [0.4, 0.5) is 0 Å². The number of guanidine groups is 1. The van der Waals surface area contributed by atoms with Gasteiger partial charge in [0.2, 0.25) is 10.0 Å². The van der Waals surface area contributed by atoms with Crippen LogP contribution >= 0.6 is 0 Å². The summed E-state index contributed by atoms with van der Waals surface area (Å²) >= 11 is 0. The Balaban J connectivity index is 1.62. The van der Waals surface area contributed by atoms with Gasteiger partial charge in [0, 0.05) is 44.7 Å². The molecule has 2 fully saturated rings. The van der Waals surface area contributed by atoms with Crippen molar-refractivity contribution in [2.24, 2.45) is 4.99 Å². The largest absolute Gasteiger partial charge is 0.355 e. The van der Waals surface area contributed by atoms with Crippen LogP contribution in [0.2, 0.25) is 0 Å². The zero-order valence-corrected chi connectivity index (χ0v) is 16.8. The molecule has 2 saturated heterocycles. The van der Waals surface area contributed by atoms with Crippen LogP contribution in [0.25, 0.3) is 0 Å². The Hall–Kier alpha value is -1.60. The standard InChI is InChI=1S/C19H30N4O2S/c1-19(16-8-5-4-6-9-16)11-13-22(15-19)18(20-2)21-14-17-10-7-12-23(17)26(3,24)25/h4-6,8-9,17H,7,10-15H2,1-3H3,(H,20,21)/t17-,19?/m1/s1. The first-order valence-corrected chi connectivity index (χ1v) is 11.2. The molecule has 0 radical (unpaired) electrons. The van der Waals surface area contributed by atoms with Crippen LogP contribution in [0.15, 0.2) is 35.3 Å². The minimum absolute atomic E-state index is 0.0184. The van der Waals surface area contributed by atoms with Gasteiger partial charge >= 0.3 is 0 Å². The molecular formula is C19H30N4O2S. The van der Waals surface area contributed by atoms with Crippen molar-refractivity contribution in [1.29, 1.82) is 0 Å². The van der Waals surface area contributed by atoms with Crippen LogP contribution in [0.5, 0.6) is 0 Å². The van der Waals surface area contributed by atoms with Crippen molar-refractivity contribution in [2.75, 3.05) is 39.5 Å². The van der Waals surface area contributed by atoms with E-state index in [1.807, 2.05) is 0 Å². The smallest absolute Gasteiger partial charge is 0.211 e. The van der Waals surface area contributed by atoms with Crippen LogP contribution < -0.4 is 5.32 Å². The predicted molar refractivity (Wildman–Crippen MR) is 106 cm³/mol. The minimum atomic E-state index is -3.14. The summed E-state index contributed by atoms with van der Waals surface area (Å²) in [7, 11) is -1.34. The fraction of sp³-hybridized carbons (Fsp3) is 0.632. The topological polar surface area (TPSA) is 65.0 Å². The molecule has 2 aliphatic heterocycles. The Morgan fingerprint density at radius 2 is 2.04 bits per heavy atom. The molecule has 7 heteroatoms. The van der Waals surface area contributed by atoms with Crippen LogP contribution in [0.3, 0.4) is 0 Å². The van der Waals surface area contributed by atoms with Gasteiger partial charge in [0.15, 0.2) is 5.96 Å². The number of benzene rings is 1. The van der Waals surface area contributed by atoms with Crippen molar-refractivity contribution in [3.63, 3.8) is 0 Å². The molecule has 0 amide bonds. The molecule has 1 N–H and O–H groups in total. The summed E-state index contributed by atoms with van der Waals surface area (Å²) in [6.45, 7) is 5.40. The van der Waals surface area contributed by atoms with Gasteiger partial charge in [-0.2, -0.15) is 4.31 Å². The summed E-state index contributed by atoms with van der Waals surface area (Å²) < 4.78 is 25.4. The first-order valence-electron chi connectivity index (χ1n) is 9.31. The third kappa shape index (κ3) is 4.04. The molecule has 2 aliphatic rings. The van der Waals surface area contributed by atoms with Gasteiger partial charge in [-0.15, -0.1) is 0 Å². The van der Waals surface area contributed by atoms with E-state index in [2.05, 4.69) is 52.5 Å². The van der Waals surface area contributed by atoms with Crippen molar-refractivity contribution >= 4 is 16.0 Å². The molecule has 1 unspecified atom stereocenters. The number of likely N-dealkylation sites (tertiary alicyclic amines) is 1. The van der Waals surface area contributed by atoms with Crippen LogP contribution in [-0.2, 0) is 15.4 Å². The SMILES string of the molecule is CN=C(NC[C@H]1CCCN1S(C)(=O)=O)N1CCC(C)(c2ccccc2)C1. The average molecular weight is 379 g/mol. The predicted octanol–water partition coefficient (Wildman–Crippen LogP) is 1.65. The van der Waals surface area contributed by atoms with Gasteiger partial charge in [0.25, 0.3) is 0 Å². The maximum absolute atomic E-state index is 11.9. The average Bonchev–Trinajstić information content (AvgIpc) is 3.24. The Labute approximate surface area is 157 Å². The monoisotopic (exact) mass is 378 g/mol. The maximum atomic E-state index is 11.9. The molecule has 0 saturated carbocycles. The van der Waals surface area contributed by atoms with E-state index in [0.717, 1.165) is 38.3 Å². The third-order valence-corrected chi connectivity index (χ3v) is 7.03. The van der Waals surface area contributed by atoms with E-state index in [0.29, 0.717) is 13.1 Å². The summed E-state index contributed by atoms with van der Waals surface area (Å²) in [4.78, 5) is 6.73. The minimum Gasteiger partial charge on any atom is -0.355 e. The highest BCUT2D eigenvalue weighted by Crippen LogP contribution is 2.34. The van der Waals surface area contributed by atoms with Crippen molar-refractivity contribution in [1.82, 2.24) is 14.5 Å². The summed E-state index contributed by atoms with van der Waals surface area (Å²) in [5.74, 6) is 0.866. The second-order valence-corrected chi connectivity index (χ2v) is 9.63. The molecule has 0 bridgehead atoms.